The predicted octanol–water partition coefficient (Wildman–Crippen LogP) is 4.23. The number of nitrogens with one attached hydrogen (secondary N) is 2. The molecule has 0 bridgehead atoms. The molecule has 0 saturated carbocycles. The van der Waals surface area contributed by atoms with Gasteiger partial charge in [-0.3, -0.25) is 0 Å². The summed E-state index contributed by atoms with van der Waals surface area (Å²) < 4.78 is 34.9. The Hall–Kier alpha value is -3.07. The Morgan fingerprint density at radius 2 is 1.76 bits per heavy atom. The van der Waals surface area contributed by atoms with Crippen molar-refractivity contribution < 1.29 is 28.1 Å². The molecule has 0 heterocycles. The Kier molecular flexibility index (Phi) is 8.02. The van der Waals surface area contributed by atoms with E-state index in [4.69, 9.17) is 31.2 Å². The quantitative estimate of drug-likeness (QED) is 0.484. The van der Waals surface area contributed by atoms with Gasteiger partial charge in [-0.25, -0.2) is 9.18 Å². The summed E-state index contributed by atoms with van der Waals surface area (Å²) in [6, 6.07) is 7.45. The molecule has 0 amide bonds. The van der Waals surface area contributed by atoms with Gasteiger partial charge in [-0.2, -0.15) is 0 Å². The van der Waals surface area contributed by atoms with Crippen LogP contribution in [-0.2, 0) is 4.74 Å². The van der Waals surface area contributed by atoms with Crippen molar-refractivity contribution in [3.8, 4) is 17.2 Å². The normalized spacial score (nSPS) is 10.1. The van der Waals surface area contributed by atoms with Crippen molar-refractivity contribution in [1.29, 1.82) is 0 Å². The zero-order valence-electron chi connectivity index (χ0n) is 16.6. The molecule has 156 valence electrons. The van der Waals surface area contributed by atoms with Crippen molar-refractivity contribution in [2.75, 3.05) is 38.1 Å². The molecule has 0 unspecified atom stereocenters. The molecule has 2 N–H and O–H groups in total. The number of halogens is 1. The lowest BCUT2D eigenvalue weighted by atomic mass is 10.1. The molecular formula is C20H23FN2O5S. The molecule has 0 saturated heterocycles. The summed E-state index contributed by atoms with van der Waals surface area (Å²) in [6.45, 7) is 4.39. The molecule has 7 nitrogen and oxygen atoms in total. The van der Waals surface area contributed by atoms with Crippen molar-refractivity contribution in [1.82, 2.24) is 0 Å². The average molecular weight is 422 g/mol. The lowest BCUT2D eigenvalue weighted by molar-refractivity contribution is 0.0600. The molecule has 2 aromatic carbocycles. The lowest BCUT2D eigenvalue weighted by Crippen LogP contribution is -2.20. The minimum absolute atomic E-state index is 0.125. The summed E-state index contributed by atoms with van der Waals surface area (Å²) in [4.78, 5) is 12.0. The second kappa shape index (κ2) is 10.5. The Morgan fingerprint density at radius 1 is 1.03 bits per heavy atom. The molecule has 9 heteroatoms. The number of thiocarbonyl (C=S) groups is 1. The van der Waals surface area contributed by atoms with Crippen molar-refractivity contribution >= 4 is 34.7 Å². The average Bonchev–Trinajstić information content (AvgIpc) is 2.69. The summed E-state index contributed by atoms with van der Waals surface area (Å²) in [6.07, 6.45) is 0. The minimum Gasteiger partial charge on any atom is -0.494 e. The van der Waals surface area contributed by atoms with Crippen LogP contribution in [0.25, 0.3) is 0 Å². The topological polar surface area (TPSA) is 78.1 Å². The van der Waals surface area contributed by atoms with Crippen LogP contribution >= 0.6 is 12.2 Å². The fraction of sp³-hybridized carbons (Fsp3) is 0.300. The fourth-order valence-corrected chi connectivity index (χ4v) is 2.74. The highest BCUT2D eigenvalue weighted by molar-refractivity contribution is 7.80. The SMILES string of the molecule is CCOc1cc(C(=O)OC)cc(NC(=S)Nc2ccc(OC)c(F)c2)c1OCC. The highest BCUT2D eigenvalue weighted by Crippen LogP contribution is 2.37. The molecule has 0 radical (unpaired) electrons. The highest BCUT2D eigenvalue weighted by Gasteiger charge is 2.18. The van der Waals surface area contributed by atoms with Crippen LogP contribution in [0.3, 0.4) is 0 Å². The first-order chi connectivity index (χ1) is 13.9. The zero-order valence-corrected chi connectivity index (χ0v) is 17.4. The number of carbonyl (C=O) groups excluding carboxylic acids is 1. The zero-order chi connectivity index (χ0) is 21.4. The molecule has 2 rings (SSSR count). The summed E-state index contributed by atoms with van der Waals surface area (Å²) in [7, 11) is 2.67. The van der Waals surface area contributed by atoms with Crippen molar-refractivity contribution in [3.05, 3.63) is 41.7 Å². The van der Waals surface area contributed by atoms with Crippen LogP contribution in [-0.4, -0.2) is 38.5 Å². The Labute approximate surface area is 174 Å². The van der Waals surface area contributed by atoms with Crippen LogP contribution in [0.4, 0.5) is 15.8 Å². The Balaban J connectivity index is 2.33. The highest BCUT2D eigenvalue weighted by atomic mass is 32.1. The van der Waals surface area contributed by atoms with E-state index in [9.17, 15) is 9.18 Å². The summed E-state index contributed by atoms with van der Waals surface area (Å²) in [5.41, 5.74) is 1.10. The third-order valence-electron chi connectivity index (χ3n) is 3.72. The first-order valence-electron chi connectivity index (χ1n) is 8.86. The number of carbonyl (C=O) groups is 1. The van der Waals surface area contributed by atoms with Crippen LogP contribution in [0.2, 0.25) is 0 Å². The maximum absolute atomic E-state index is 13.9. The van der Waals surface area contributed by atoms with E-state index < -0.39 is 11.8 Å². The molecular weight excluding hydrogens is 399 g/mol. The Morgan fingerprint density at radius 3 is 2.34 bits per heavy atom. The number of ether oxygens (including phenoxy) is 4. The van der Waals surface area contributed by atoms with Gasteiger partial charge in [-0.1, -0.05) is 0 Å². The molecule has 0 aliphatic rings. The van der Waals surface area contributed by atoms with Crippen molar-refractivity contribution in [2.24, 2.45) is 0 Å². The second-order valence-corrected chi connectivity index (χ2v) is 6.05. The first-order valence-corrected chi connectivity index (χ1v) is 9.27. The van der Waals surface area contributed by atoms with E-state index in [-0.39, 0.29) is 16.4 Å². The van der Waals surface area contributed by atoms with E-state index in [1.807, 2.05) is 13.8 Å². The van der Waals surface area contributed by atoms with E-state index in [0.717, 1.165) is 0 Å². The molecule has 0 atom stereocenters. The van der Waals surface area contributed by atoms with E-state index in [2.05, 4.69) is 10.6 Å². The van der Waals surface area contributed by atoms with Gasteiger partial charge in [-0.15, -0.1) is 0 Å². The van der Waals surface area contributed by atoms with Crippen molar-refractivity contribution in [2.45, 2.75) is 13.8 Å². The van der Waals surface area contributed by atoms with Crippen LogP contribution < -0.4 is 24.8 Å². The molecule has 29 heavy (non-hydrogen) atoms. The third-order valence-corrected chi connectivity index (χ3v) is 3.93. The molecule has 0 spiro atoms. The fourth-order valence-electron chi connectivity index (χ4n) is 2.52. The molecule has 2 aromatic rings. The van der Waals surface area contributed by atoms with Crippen LogP contribution in [0.1, 0.15) is 24.2 Å². The maximum Gasteiger partial charge on any atom is 0.338 e. The summed E-state index contributed by atoms with van der Waals surface area (Å²) in [5.74, 6) is -0.167. The summed E-state index contributed by atoms with van der Waals surface area (Å²) >= 11 is 5.32. The van der Waals surface area contributed by atoms with Gasteiger partial charge in [0, 0.05) is 11.8 Å². The van der Waals surface area contributed by atoms with Crippen molar-refractivity contribution in [3.63, 3.8) is 0 Å². The first kappa shape index (κ1) is 22.2. The van der Waals surface area contributed by atoms with E-state index in [1.165, 1.54) is 26.4 Å². The third kappa shape index (κ3) is 5.71. The Bertz CT molecular complexity index is 891. The smallest absolute Gasteiger partial charge is 0.338 e. The van der Waals surface area contributed by atoms with Gasteiger partial charge < -0.3 is 29.6 Å². The van der Waals surface area contributed by atoms with Gasteiger partial charge in [0.2, 0.25) is 0 Å². The van der Waals surface area contributed by atoms with E-state index in [1.54, 1.807) is 18.2 Å². The monoisotopic (exact) mass is 422 g/mol. The van der Waals surface area contributed by atoms with Gasteiger partial charge in [0.1, 0.15) is 0 Å². The van der Waals surface area contributed by atoms with Gasteiger partial charge in [0.05, 0.1) is 38.7 Å². The summed E-state index contributed by atoms with van der Waals surface area (Å²) in [5, 5.41) is 6.01. The van der Waals surface area contributed by atoms with E-state index >= 15 is 0 Å². The maximum atomic E-state index is 13.9. The standard InChI is InChI=1S/C20H23FN2O5S/c1-5-27-17-10-12(19(24)26-4)9-15(18(17)28-6-2)23-20(29)22-13-7-8-16(25-3)14(21)11-13/h7-11H,5-6H2,1-4H3,(H2,22,23,29). The predicted molar refractivity (Wildman–Crippen MR) is 113 cm³/mol. The number of hydrogen-bond donors (Lipinski definition) is 2. The van der Waals surface area contributed by atoms with Gasteiger partial charge in [0.15, 0.2) is 28.2 Å². The number of benzene rings is 2. The number of anilines is 2. The number of rotatable bonds is 8. The molecule has 0 aliphatic heterocycles. The number of hydrogen-bond acceptors (Lipinski definition) is 6. The number of methoxy groups -OCH3 is 2. The second-order valence-electron chi connectivity index (χ2n) is 5.64. The number of esters is 1. The van der Waals surface area contributed by atoms with Gasteiger partial charge in [0.25, 0.3) is 0 Å². The molecule has 0 fully saturated rings. The molecule has 0 aromatic heterocycles. The van der Waals surface area contributed by atoms with Gasteiger partial charge >= 0.3 is 5.97 Å². The van der Waals surface area contributed by atoms with Crippen LogP contribution in [0, 0.1) is 5.82 Å². The van der Waals surface area contributed by atoms with Crippen LogP contribution in [0.5, 0.6) is 17.2 Å². The van der Waals surface area contributed by atoms with E-state index in [0.29, 0.717) is 36.1 Å². The molecule has 0 aliphatic carbocycles. The van der Waals surface area contributed by atoms with Gasteiger partial charge in [-0.05, 0) is 50.3 Å². The minimum atomic E-state index is -0.534. The van der Waals surface area contributed by atoms with Crippen LogP contribution in [0.15, 0.2) is 30.3 Å². The lowest BCUT2D eigenvalue weighted by Gasteiger charge is -2.18. The largest absolute Gasteiger partial charge is 0.494 e.